The number of anilines is 4. The van der Waals surface area contributed by atoms with Crippen LogP contribution in [-0.4, -0.2) is 68.3 Å². The molecule has 2 aromatic heterocycles. The van der Waals surface area contributed by atoms with E-state index in [1.54, 1.807) is 0 Å². The summed E-state index contributed by atoms with van der Waals surface area (Å²) in [6.07, 6.45) is 2.14. The van der Waals surface area contributed by atoms with Crippen LogP contribution < -0.4 is 15.4 Å². The van der Waals surface area contributed by atoms with E-state index in [1.807, 2.05) is 31.7 Å². The van der Waals surface area contributed by atoms with Crippen LogP contribution >= 0.6 is 11.8 Å². The highest BCUT2D eigenvalue weighted by Crippen LogP contribution is 2.39. The van der Waals surface area contributed by atoms with Crippen LogP contribution in [0.3, 0.4) is 0 Å². The second-order valence-electron chi connectivity index (χ2n) is 10.8. The predicted molar refractivity (Wildman–Crippen MR) is 168 cm³/mol. The summed E-state index contributed by atoms with van der Waals surface area (Å²) in [5.41, 5.74) is 5.87. The topological polar surface area (TPSA) is 111 Å². The number of aliphatic hydroxyl groups excluding tert-OH is 1. The van der Waals surface area contributed by atoms with E-state index < -0.39 is 0 Å². The van der Waals surface area contributed by atoms with Gasteiger partial charge in [0.05, 0.1) is 30.0 Å². The number of aromatic nitrogens is 4. The summed E-state index contributed by atoms with van der Waals surface area (Å²) in [5.74, 6) is 2.41. The molecule has 0 aliphatic carbocycles. The van der Waals surface area contributed by atoms with Gasteiger partial charge < -0.3 is 25.4 Å². The van der Waals surface area contributed by atoms with E-state index in [2.05, 4.69) is 76.8 Å². The first-order chi connectivity index (χ1) is 19.9. The Balaban J connectivity index is 1.46. The number of nitrogens with zero attached hydrogens (tertiary/aromatic N) is 4. The Morgan fingerprint density at radius 1 is 1.10 bits per heavy atom. The summed E-state index contributed by atoms with van der Waals surface area (Å²) in [4.78, 5) is 13.2. The van der Waals surface area contributed by atoms with Crippen molar-refractivity contribution in [2.24, 2.45) is 0 Å². The third-order valence-electron chi connectivity index (χ3n) is 7.46. The molecule has 4 aromatic rings. The predicted octanol–water partition coefficient (Wildman–Crippen LogP) is 6.53. The molecule has 1 aliphatic heterocycles. The molecule has 3 heterocycles. The molecule has 1 saturated heterocycles. The standard InChI is InChI=1S/C31H41N7O2S/c1-6-40-26-18-23(22-11-13-38(14-12-22)15-16-39)20(4)17-25(26)33-31-34-29(28-21(5)36-37-30(28)35-31)32-24-9-7-8-10-27(24)41-19(2)3/h7-10,17-19,22,39H,6,11-16H2,1-5H3,(H3,32,33,34,35,36,37). The highest BCUT2D eigenvalue weighted by Gasteiger charge is 2.24. The van der Waals surface area contributed by atoms with Gasteiger partial charge in [0.25, 0.3) is 0 Å². The van der Waals surface area contributed by atoms with Gasteiger partial charge in [-0.15, -0.1) is 11.8 Å². The smallest absolute Gasteiger partial charge is 0.231 e. The quantitative estimate of drug-likeness (QED) is 0.148. The van der Waals surface area contributed by atoms with Crippen LogP contribution in [0, 0.1) is 13.8 Å². The van der Waals surface area contributed by atoms with E-state index in [4.69, 9.17) is 14.7 Å². The number of aromatic amines is 1. The van der Waals surface area contributed by atoms with Gasteiger partial charge in [-0.25, -0.2) is 0 Å². The molecule has 4 N–H and O–H groups in total. The zero-order valence-electron chi connectivity index (χ0n) is 24.6. The monoisotopic (exact) mass is 575 g/mol. The maximum atomic E-state index is 9.30. The second-order valence-corrected chi connectivity index (χ2v) is 12.5. The number of β-amino-alcohol motifs (C(OH)–C–C–N with tert-alkyl or cyclic N) is 1. The van der Waals surface area contributed by atoms with E-state index in [0.29, 0.717) is 35.2 Å². The molecule has 218 valence electrons. The van der Waals surface area contributed by atoms with Crippen LogP contribution in [0.25, 0.3) is 11.0 Å². The van der Waals surface area contributed by atoms with E-state index in [9.17, 15) is 5.11 Å². The summed E-state index contributed by atoms with van der Waals surface area (Å²) in [6.45, 7) is 14.0. The number of hydrogen-bond donors (Lipinski definition) is 4. The summed E-state index contributed by atoms with van der Waals surface area (Å²) < 4.78 is 6.12. The molecular weight excluding hydrogens is 534 g/mol. The highest BCUT2D eigenvalue weighted by molar-refractivity contribution is 8.00. The largest absolute Gasteiger partial charge is 0.492 e. The molecule has 0 bridgehead atoms. The molecule has 1 aliphatic rings. The number of benzene rings is 2. The highest BCUT2D eigenvalue weighted by atomic mass is 32.2. The lowest BCUT2D eigenvalue weighted by Crippen LogP contribution is -2.35. The third kappa shape index (κ3) is 6.77. The van der Waals surface area contributed by atoms with Crippen molar-refractivity contribution in [3.05, 3.63) is 53.2 Å². The Morgan fingerprint density at radius 2 is 1.88 bits per heavy atom. The van der Waals surface area contributed by atoms with Gasteiger partial charge >= 0.3 is 0 Å². The van der Waals surface area contributed by atoms with Crippen molar-refractivity contribution in [3.8, 4) is 5.75 Å². The summed E-state index contributed by atoms with van der Waals surface area (Å²) >= 11 is 1.81. The van der Waals surface area contributed by atoms with Gasteiger partial charge in [-0.3, -0.25) is 5.10 Å². The molecule has 0 unspecified atom stereocenters. The van der Waals surface area contributed by atoms with Crippen LogP contribution in [0.2, 0.25) is 0 Å². The lowest BCUT2D eigenvalue weighted by molar-refractivity contribution is 0.164. The van der Waals surface area contributed by atoms with Crippen molar-refractivity contribution in [1.82, 2.24) is 25.1 Å². The molecular formula is C31H41N7O2S. The molecule has 0 saturated carbocycles. The Labute approximate surface area is 246 Å². The molecule has 41 heavy (non-hydrogen) atoms. The van der Waals surface area contributed by atoms with Gasteiger partial charge in [-0.1, -0.05) is 26.0 Å². The van der Waals surface area contributed by atoms with Crippen LogP contribution in [0.15, 0.2) is 41.3 Å². The van der Waals surface area contributed by atoms with Crippen LogP contribution in [-0.2, 0) is 0 Å². The number of rotatable bonds is 11. The number of H-pyrrole nitrogens is 1. The van der Waals surface area contributed by atoms with Gasteiger partial charge in [-0.2, -0.15) is 15.1 Å². The van der Waals surface area contributed by atoms with Gasteiger partial charge in [0, 0.05) is 22.4 Å². The van der Waals surface area contributed by atoms with Crippen molar-refractivity contribution >= 4 is 45.9 Å². The normalized spacial score (nSPS) is 14.6. The summed E-state index contributed by atoms with van der Waals surface area (Å²) in [7, 11) is 0. The molecule has 0 atom stereocenters. The Morgan fingerprint density at radius 3 is 2.61 bits per heavy atom. The van der Waals surface area contributed by atoms with Crippen molar-refractivity contribution < 1.29 is 9.84 Å². The number of hydrogen-bond acceptors (Lipinski definition) is 9. The van der Waals surface area contributed by atoms with E-state index in [0.717, 1.165) is 65.6 Å². The van der Waals surface area contributed by atoms with Gasteiger partial charge in [0.2, 0.25) is 5.95 Å². The molecule has 1 fully saturated rings. The minimum Gasteiger partial charge on any atom is -0.492 e. The number of aliphatic hydroxyl groups is 1. The van der Waals surface area contributed by atoms with Crippen molar-refractivity contribution in [1.29, 1.82) is 0 Å². The lowest BCUT2D eigenvalue weighted by Gasteiger charge is -2.32. The average Bonchev–Trinajstić information content (AvgIpc) is 3.32. The molecule has 0 spiro atoms. The minimum absolute atomic E-state index is 0.213. The number of likely N-dealkylation sites (tertiary alicyclic amines) is 1. The molecule has 2 aromatic carbocycles. The first kappa shape index (κ1) is 29.2. The van der Waals surface area contributed by atoms with E-state index in [1.165, 1.54) is 11.1 Å². The Bertz CT molecular complexity index is 1480. The van der Waals surface area contributed by atoms with Crippen molar-refractivity contribution in [3.63, 3.8) is 0 Å². The number of aryl methyl sites for hydroxylation is 2. The third-order valence-corrected chi connectivity index (χ3v) is 8.54. The molecule has 0 amide bonds. The number of para-hydroxylation sites is 1. The Hall–Kier alpha value is -3.34. The number of thioether (sulfide) groups is 1. The number of piperidine rings is 1. The van der Waals surface area contributed by atoms with Crippen LogP contribution in [0.5, 0.6) is 5.75 Å². The zero-order valence-corrected chi connectivity index (χ0v) is 25.4. The van der Waals surface area contributed by atoms with Gasteiger partial charge in [0.1, 0.15) is 11.6 Å². The first-order valence-corrected chi connectivity index (χ1v) is 15.4. The summed E-state index contributed by atoms with van der Waals surface area (Å²) in [6, 6.07) is 12.6. The zero-order chi connectivity index (χ0) is 28.9. The second kappa shape index (κ2) is 13.1. The first-order valence-electron chi connectivity index (χ1n) is 14.5. The fraction of sp³-hybridized carbons (Fsp3) is 0.452. The maximum absolute atomic E-state index is 9.30. The number of nitrogens with one attached hydrogen (secondary N) is 3. The molecule has 10 heteroatoms. The number of fused-ring (bicyclic) bond motifs is 1. The van der Waals surface area contributed by atoms with Crippen LogP contribution in [0.1, 0.15) is 56.4 Å². The fourth-order valence-electron chi connectivity index (χ4n) is 5.51. The van der Waals surface area contributed by atoms with Crippen LogP contribution in [0.4, 0.5) is 23.1 Å². The molecule has 9 nitrogen and oxygen atoms in total. The molecule has 5 rings (SSSR count). The average molecular weight is 576 g/mol. The molecule has 0 radical (unpaired) electrons. The SMILES string of the molecule is CCOc1cc(C2CCN(CCO)CC2)c(C)cc1Nc1nc(Nc2ccccc2SC(C)C)c2c(C)[nH]nc2n1. The fourth-order valence-corrected chi connectivity index (χ4v) is 6.43. The number of ether oxygens (including phenoxy) is 1. The van der Waals surface area contributed by atoms with Gasteiger partial charge in [-0.05, 0) is 88.0 Å². The van der Waals surface area contributed by atoms with E-state index in [-0.39, 0.29) is 6.61 Å². The minimum atomic E-state index is 0.213. The lowest BCUT2D eigenvalue weighted by atomic mass is 9.86. The van der Waals surface area contributed by atoms with Crippen molar-refractivity contribution in [2.75, 3.05) is 43.5 Å². The maximum Gasteiger partial charge on any atom is 0.231 e. The van der Waals surface area contributed by atoms with E-state index >= 15 is 0 Å². The summed E-state index contributed by atoms with van der Waals surface area (Å²) in [5, 5.41) is 25.1. The Kier molecular flexibility index (Phi) is 9.32. The van der Waals surface area contributed by atoms with Gasteiger partial charge in [0.15, 0.2) is 5.65 Å². The van der Waals surface area contributed by atoms with Crippen molar-refractivity contribution in [2.45, 2.75) is 63.5 Å².